The number of ether oxygens (including phenoxy) is 1. The number of nitrogens with one attached hydrogen (secondary N) is 1. The Morgan fingerprint density at radius 3 is 3.07 bits per heavy atom. The van der Waals surface area contributed by atoms with Crippen LogP contribution in [0.15, 0.2) is 12.5 Å². The molecule has 0 saturated carbocycles. The smallest absolute Gasteiger partial charge is 0.240 e. The molecule has 3 N–H and O–H groups in total. The van der Waals surface area contributed by atoms with Gasteiger partial charge in [-0.25, -0.2) is 4.98 Å². The molecule has 84 valence electrons. The van der Waals surface area contributed by atoms with Gasteiger partial charge in [-0.3, -0.25) is 4.79 Å². The van der Waals surface area contributed by atoms with Crippen molar-refractivity contribution in [2.24, 2.45) is 0 Å². The van der Waals surface area contributed by atoms with E-state index in [1.807, 2.05) is 6.92 Å². The molecular formula is C9H16N4O2. The quantitative estimate of drug-likeness (QED) is 0.696. The van der Waals surface area contributed by atoms with E-state index in [2.05, 4.69) is 10.3 Å². The topological polar surface area (TPSA) is 82.2 Å². The third kappa shape index (κ3) is 3.99. The van der Waals surface area contributed by atoms with E-state index >= 15 is 0 Å². The van der Waals surface area contributed by atoms with Gasteiger partial charge in [-0.1, -0.05) is 0 Å². The number of hydrogen-bond acceptors (Lipinski definition) is 4. The van der Waals surface area contributed by atoms with Crippen molar-refractivity contribution in [3.05, 3.63) is 12.5 Å². The fourth-order valence-corrected chi connectivity index (χ4v) is 1.24. The van der Waals surface area contributed by atoms with Gasteiger partial charge in [0.15, 0.2) is 0 Å². The SMILES string of the molecule is COCC(C)NC(=O)Cn1cnc(N)c1. The minimum Gasteiger partial charge on any atom is -0.383 e. The summed E-state index contributed by atoms with van der Waals surface area (Å²) in [6, 6.07) is 0.00312. The number of carbonyl (C=O) groups excluding carboxylic acids is 1. The second kappa shape index (κ2) is 5.35. The predicted molar refractivity (Wildman–Crippen MR) is 56.1 cm³/mol. The van der Waals surface area contributed by atoms with Gasteiger partial charge in [0, 0.05) is 19.3 Å². The monoisotopic (exact) mass is 212 g/mol. The van der Waals surface area contributed by atoms with Crippen molar-refractivity contribution in [1.29, 1.82) is 0 Å². The molecule has 1 heterocycles. The molecule has 1 aromatic heterocycles. The number of amides is 1. The summed E-state index contributed by atoms with van der Waals surface area (Å²) in [5, 5.41) is 2.79. The first-order chi connectivity index (χ1) is 7.11. The Labute approximate surface area is 88.4 Å². The molecule has 0 aromatic carbocycles. The highest BCUT2D eigenvalue weighted by molar-refractivity contribution is 5.76. The highest BCUT2D eigenvalue weighted by Gasteiger charge is 2.07. The fraction of sp³-hybridized carbons (Fsp3) is 0.556. The van der Waals surface area contributed by atoms with Crippen LogP contribution in [0.25, 0.3) is 0 Å². The zero-order chi connectivity index (χ0) is 11.3. The molecule has 0 aliphatic carbocycles. The zero-order valence-corrected chi connectivity index (χ0v) is 8.93. The van der Waals surface area contributed by atoms with Gasteiger partial charge in [0.25, 0.3) is 0 Å². The molecule has 1 unspecified atom stereocenters. The highest BCUT2D eigenvalue weighted by atomic mass is 16.5. The summed E-state index contributed by atoms with van der Waals surface area (Å²) in [5.74, 6) is 0.324. The first-order valence-corrected chi connectivity index (χ1v) is 4.67. The Bertz CT molecular complexity index is 324. The van der Waals surface area contributed by atoms with Gasteiger partial charge in [-0.05, 0) is 6.92 Å². The standard InChI is InChI=1S/C9H16N4O2/c1-7(5-15-2)12-9(14)4-13-3-8(10)11-6-13/h3,6-7H,4-5,10H2,1-2H3,(H,12,14). The predicted octanol–water partition coefficient (Wildman–Crippen LogP) is -0.384. The molecule has 0 radical (unpaired) electrons. The third-order valence-electron chi connectivity index (χ3n) is 1.80. The number of rotatable bonds is 5. The van der Waals surface area contributed by atoms with Crippen molar-refractivity contribution in [1.82, 2.24) is 14.9 Å². The lowest BCUT2D eigenvalue weighted by Gasteiger charge is -2.12. The van der Waals surface area contributed by atoms with Crippen molar-refractivity contribution in [3.63, 3.8) is 0 Å². The van der Waals surface area contributed by atoms with Crippen LogP contribution in [0.2, 0.25) is 0 Å². The number of imidazole rings is 1. The Balaban J connectivity index is 2.36. The van der Waals surface area contributed by atoms with E-state index < -0.39 is 0 Å². The maximum atomic E-state index is 11.5. The van der Waals surface area contributed by atoms with Crippen LogP contribution in [-0.4, -0.2) is 35.2 Å². The van der Waals surface area contributed by atoms with E-state index in [9.17, 15) is 4.79 Å². The number of hydrogen-bond donors (Lipinski definition) is 2. The largest absolute Gasteiger partial charge is 0.383 e. The van der Waals surface area contributed by atoms with Crippen molar-refractivity contribution >= 4 is 11.7 Å². The van der Waals surface area contributed by atoms with Crippen molar-refractivity contribution in [2.75, 3.05) is 19.5 Å². The van der Waals surface area contributed by atoms with Gasteiger partial charge >= 0.3 is 0 Å². The van der Waals surface area contributed by atoms with E-state index in [-0.39, 0.29) is 18.5 Å². The van der Waals surface area contributed by atoms with Gasteiger partial charge in [-0.2, -0.15) is 0 Å². The lowest BCUT2D eigenvalue weighted by atomic mass is 10.3. The first-order valence-electron chi connectivity index (χ1n) is 4.67. The highest BCUT2D eigenvalue weighted by Crippen LogP contribution is 1.96. The van der Waals surface area contributed by atoms with Gasteiger partial charge in [0.1, 0.15) is 12.4 Å². The summed E-state index contributed by atoms with van der Waals surface area (Å²) in [7, 11) is 1.60. The zero-order valence-electron chi connectivity index (χ0n) is 8.93. The molecule has 6 heteroatoms. The number of nitrogens with two attached hydrogens (primary N) is 1. The van der Waals surface area contributed by atoms with Crippen LogP contribution in [0, 0.1) is 0 Å². The summed E-state index contributed by atoms with van der Waals surface area (Å²) in [6.07, 6.45) is 3.14. The molecule has 0 aliphatic rings. The number of anilines is 1. The van der Waals surface area contributed by atoms with Crippen LogP contribution in [0.3, 0.4) is 0 Å². The molecule has 1 atom stereocenters. The molecule has 15 heavy (non-hydrogen) atoms. The normalized spacial score (nSPS) is 12.4. The van der Waals surface area contributed by atoms with E-state index in [1.165, 1.54) is 6.33 Å². The van der Waals surface area contributed by atoms with E-state index in [0.29, 0.717) is 12.4 Å². The van der Waals surface area contributed by atoms with Crippen molar-refractivity contribution < 1.29 is 9.53 Å². The Kier molecular flexibility index (Phi) is 4.11. The van der Waals surface area contributed by atoms with Crippen LogP contribution >= 0.6 is 0 Å². The van der Waals surface area contributed by atoms with E-state index in [4.69, 9.17) is 10.5 Å². The molecule has 0 aliphatic heterocycles. The summed E-state index contributed by atoms with van der Waals surface area (Å²) in [4.78, 5) is 15.3. The summed E-state index contributed by atoms with van der Waals surface area (Å²) < 4.78 is 6.53. The summed E-state index contributed by atoms with van der Waals surface area (Å²) in [6.45, 7) is 2.60. The molecule has 0 bridgehead atoms. The van der Waals surface area contributed by atoms with Crippen LogP contribution in [0.5, 0.6) is 0 Å². The van der Waals surface area contributed by atoms with Crippen LogP contribution in [-0.2, 0) is 16.1 Å². The van der Waals surface area contributed by atoms with E-state index in [1.54, 1.807) is 17.9 Å². The van der Waals surface area contributed by atoms with Crippen molar-refractivity contribution in [2.45, 2.75) is 19.5 Å². The fourth-order valence-electron chi connectivity index (χ4n) is 1.24. The van der Waals surface area contributed by atoms with Crippen molar-refractivity contribution in [3.8, 4) is 0 Å². The number of methoxy groups -OCH3 is 1. The average Bonchev–Trinajstić information content (AvgIpc) is 2.51. The molecule has 0 spiro atoms. The average molecular weight is 212 g/mol. The molecule has 1 aromatic rings. The third-order valence-corrected chi connectivity index (χ3v) is 1.80. The van der Waals surface area contributed by atoms with Crippen LogP contribution in [0.4, 0.5) is 5.82 Å². The number of nitrogens with zero attached hydrogens (tertiary/aromatic N) is 2. The number of carbonyl (C=O) groups is 1. The second-order valence-electron chi connectivity index (χ2n) is 3.39. The molecule has 0 fully saturated rings. The molecule has 0 saturated heterocycles. The maximum Gasteiger partial charge on any atom is 0.240 e. The molecule has 1 amide bonds. The number of aromatic nitrogens is 2. The second-order valence-corrected chi connectivity index (χ2v) is 3.39. The minimum atomic E-state index is -0.0862. The van der Waals surface area contributed by atoms with Gasteiger partial charge in [0.05, 0.1) is 12.9 Å². The molecule has 1 rings (SSSR count). The van der Waals surface area contributed by atoms with Gasteiger partial charge in [0.2, 0.25) is 5.91 Å². The minimum absolute atomic E-state index is 0.00312. The molecule has 6 nitrogen and oxygen atoms in total. The Morgan fingerprint density at radius 2 is 2.53 bits per heavy atom. The van der Waals surface area contributed by atoms with Crippen LogP contribution in [0.1, 0.15) is 6.92 Å². The Hall–Kier alpha value is -1.56. The van der Waals surface area contributed by atoms with Crippen LogP contribution < -0.4 is 11.1 Å². The van der Waals surface area contributed by atoms with E-state index in [0.717, 1.165) is 0 Å². The lowest BCUT2D eigenvalue weighted by molar-refractivity contribution is -0.122. The molecular weight excluding hydrogens is 196 g/mol. The Morgan fingerprint density at radius 1 is 1.80 bits per heavy atom. The van der Waals surface area contributed by atoms with Gasteiger partial charge < -0.3 is 20.4 Å². The number of nitrogen functional groups attached to an aromatic ring is 1. The summed E-state index contributed by atoms with van der Waals surface area (Å²) >= 11 is 0. The maximum absolute atomic E-state index is 11.5. The first kappa shape index (κ1) is 11.5. The summed E-state index contributed by atoms with van der Waals surface area (Å²) in [5.41, 5.74) is 5.42. The lowest BCUT2D eigenvalue weighted by Crippen LogP contribution is -2.37. The van der Waals surface area contributed by atoms with Gasteiger partial charge in [-0.15, -0.1) is 0 Å².